The number of benzene rings is 1. The van der Waals surface area contributed by atoms with Crippen molar-refractivity contribution in [3.63, 3.8) is 0 Å². The van der Waals surface area contributed by atoms with Crippen LogP contribution in [0.5, 0.6) is 0 Å². The van der Waals surface area contributed by atoms with Crippen LogP contribution >= 0.6 is 0 Å². The summed E-state index contributed by atoms with van der Waals surface area (Å²) in [6.07, 6.45) is 2.57. The molecule has 14 heavy (non-hydrogen) atoms. The molecule has 1 aliphatic heterocycles. The molecule has 1 saturated heterocycles. The maximum atomic E-state index is 12.7. The minimum Gasteiger partial charge on any atom is -0.371 e. The zero-order valence-corrected chi connectivity index (χ0v) is 8.54. The zero-order chi connectivity index (χ0) is 9.97. The molecule has 0 spiro atoms. The molecule has 0 amide bonds. The number of anilines is 1. The summed E-state index contributed by atoms with van der Waals surface area (Å²) in [6.45, 7) is 4.48. The molecule has 76 valence electrons. The van der Waals surface area contributed by atoms with Crippen LogP contribution in [-0.4, -0.2) is 13.1 Å². The molecule has 0 radical (unpaired) electrons. The van der Waals surface area contributed by atoms with Crippen molar-refractivity contribution in [3.8, 4) is 0 Å². The van der Waals surface area contributed by atoms with Gasteiger partial charge in [-0.15, -0.1) is 0 Å². The van der Waals surface area contributed by atoms with E-state index in [9.17, 15) is 4.39 Å². The normalized spacial score (nSPS) is 22.4. The van der Waals surface area contributed by atoms with E-state index in [1.165, 1.54) is 25.0 Å². The molecule has 1 aliphatic rings. The molecular weight excluding hydrogens is 177 g/mol. The Morgan fingerprint density at radius 2 is 2.00 bits per heavy atom. The van der Waals surface area contributed by atoms with Gasteiger partial charge >= 0.3 is 0 Å². The molecule has 1 heterocycles. The van der Waals surface area contributed by atoms with Crippen LogP contribution in [-0.2, 0) is 0 Å². The molecule has 1 aromatic carbocycles. The Morgan fingerprint density at radius 3 is 2.64 bits per heavy atom. The van der Waals surface area contributed by atoms with Gasteiger partial charge in [-0.05, 0) is 43.0 Å². The second-order valence-electron chi connectivity index (χ2n) is 4.17. The molecule has 1 nitrogen and oxygen atoms in total. The van der Waals surface area contributed by atoms with Gasteiger partial charge in [-0.3, -0.25) is 0 Å². The highest BCUT2D eigenvalue weighted by Gasteiger charge is 2.16. The fourth-order valence-electron chi connectivity index (χ4n) is 2.08. The van der Waals surface area contributed by atoms with Crippen LogP contribution in [0.15, 0.2) is 24.3 Å². The van der Waals surface area contributed by atoms with Gasteiger partial charge in [0.25, 0.3) is 0 Å². The van der Waals surface area contributed by atoms with Crippen LogP contribution in [0.2, 0.25) is 0 Å². The smallest absolute Gasteiger partial charge is 0.123 e. The Morgan fingerprint density at radius 1 is 1.29 bits per heavy atom. The van der Waals surface area contributed by atoms with Crippen LogP contribution in [0.1, 0.15) is 19.8 Å². The lowest BCUT2D eigenvalue weighted by molar-refractivity contribution is 0.446. The molecule has 0 saturated carbocycles. The van der Waals surface area contributed by atoms with Gasteiger partial charge < -0.3 is 4.90 Å². The van der Waals surface area contributed by atoms with Crippen LogP contribution in [0.4, 0.5) is 10.1 Å². The third-order valence-corrected chi connectivity index (χ3v) is 2.85. The Kier molecular flexibility index (Phi) is 2.71. The van der Waals surface area contributed by atoms with Gasteiger partial charge in [0.15, 0.2) is 0 Å². The third-order valence-electron chi connectivity index (χ3n) is 2.85. The van der Waals surface area contributed by atoms with Crippen LogP contribution in [0, 0.1) is 11.7 Å². The van der Waals surface area contributed by atoms with Crippen molar-refractivity contribution in [2.75, 3.05) is 18.0 Å². The highest BCUT2D eigenvalue weighted by molar-refractivity contribution is 5.46. The van der Waals surface area contributed by atoms with Gasteiger partial charge in [0.05, 0.1) is 0 Å². The van der Waals surface area contributed by atoms with Gasteiger partial charge in [-0.1, -0.05) is 6.92 Å². The Labute approximate surface area is 84.5 Å². The van der Waals surface area contributed by atoms with Gasteiger partial charge in [-0.25, -0.2) is 4.39 Å². The number of hydrogen-bond donors (Lipinski definition) is 0. The molecule has 0 unspecified atom stereocenters. The van der Waals surface area contributed by atoms with E-state index in [0.717, 1.165) is 24.7 Å². The number of nitrogens with zero attached hydrogens (tertiary/aromatic N) is 1. The molecule has 0 bridgehead atoms. The van der Waals surface area contributed by atoms with E-state index in [2.05, 4.69) is 11.8 Å². The van der Waals surface area contributed by atoms with E-state index in [-0.39, 0.29) is 5.82 Å². The van der Waals surface area contributed by atoms with Crippen LogP contribution in [0.3, 0.4) is 0 Å². The summed E-state index contributed by atoms with van der Waals surface area (Å²) in [5.74, 6) is 0.604. The lowest BCUT2D eigenvalue weighted by atomic mass is 10.00. The standard InChI is InChI=1S/C12H16FN/c1-10-3-2-8-14(9-10)12-6-4-11(13)5-7-12/h4-7,10H,2-3,8-9H2,1H3/t10-/m1/s1. The minimum atomic E-state index is -0.154. The average molecular weight is 193 g/mol. The summed E-state index contributed by atoms with van der Waals surface area (Å²) in [7, 11) is 0. The Hall–Kier alpha value is -1.05. The van der Waals surface area contributed by atoms with E-state index >= 15 is 0 Å². The second kappa shape index (κ2) is 3.99. The maximum absolute atomic E-state index is 12.7. The molecule has 0 aliphatic carbocycles. The second-order valence-corrected chi connectivity index (χ2v) is 4.17. The highest BCUT2D eigenvalue weighted by Crippen LogP contribution is 2.22. The first kappa shape index (κ1) is 9.50. The van der Waals surface area contributed by atoms with Gasteiger partial charge in [0, 0.05) is 18.8 Å². The van der Waals surface area contributed by atoms with Crippen molar-refractivity contribution in [2.45, 2.75) is 19.8 Å². The SMILES string of the molecule is C[C@@H]1CCCN(c2ccc(F)cc2)C1. The molecule has 1 fully saturated rings. The molecule has 2 rings (SSSR count). The molecular formula is C12H16FN. The molecule has 1 atom stereocenters. The van der Waals surface area contributed by atoms with Crippen molar-refractivity contribution in [2.24, 2.45) is 5.92 Å². The molecule has 1 aromatic rings. The zero-order valence-electron chi connectivity index (χ0n) is 8.54. The van der Waals surface area contributed by atoms with Crippen molar-refractivity contribution < 1.29 is 4.39 Å². The molecule has 2 heteroatoms. The summed E-state index contributed by atoms with van der Waals surface area (Å²) < 4.78 is 12.7. The van der Waals surface area contributed by atoms with Crippen molar-refractivity contribution in [1.29, 1.82) is 0 Å². The van der Waals surface area contributed by atoms with Gasteiger partial charge in [0.2, 0.25) is 0 Å². The summed E-state index contributed by atoms with van der Waals surface area (Å²) in [6, 6.07) is 6.81. The summed E-state index contributed by atoms with van der Waals surface area (Å²) >= 11 is 0. The Balaban J connectivity index is 2.10. The summed E-state index contributed by atoms with van der Waals surface area (Å²) in [5.41, 5.74) is 1.15. The molecule has 0 aromatic heterocycles. The number of rotatable bonds is 1. The van der Waals surface area contributed by atoms with Gasteiger partial charge in [-0.2, -0.15) is 0 Å². The lowest BCUT2D eigenvalue weighted by Crippen LogP contribution is -2.34. The first-order valence-corrected chi connectivity index (χ1v) is 5.26. The van der Waals surface area contributed by atoms with Crippen LogP contribution < -0.4 is 4.90 Å². The first-order valence-electron chi connectivity index (χ1n) is 5.26. The van der Waals surface area contributed by atoms with E-state index < -0.39 is 0 Å². The fourth-order valence-corrected chi connectivity index (χ4v) is 2.08. The predicted octanol–water partition coefficient (Wildman–Crippen LogP) is 3.06. The fraction of sp³-hybridized carbons (Fsp3) is 0.500. The van der Waals surface area contributed by atoms with Gasteiger partial charge in [0.1, 0.15) is 5.82 Å². The topological polar surface area (TPSA) is 3.24 Å². The highest BCUT2D eigenvalue weighted by atomic mass is 19.1. The van der Waals surface area contributed by atoms with Crippen molar-refractivity contribution in [1.82, 2.24) is 0 Å². The van der Waals surface area contributed by atoms with E-state index in [1.807, 2.05) is 12.1 Å². The third kappa shape index (κ3) is 2.06. The van der Waals surface area contributed by atoms with E-state index in [4.69, 9.17) is 0 Å². The minimum absolute atomic E-state index is 0.154. The van der Waals surface area contributed by atoms with E-state index in [1.54, 1.807) is 0 Å². The predicted molar refractivity (Wildman–Crippen MR) is 57.0 cm³/mol. The first-order chi connectivity index (χ1) is 6.75. The largest absolute Gasteiger partial charge is 0.371 e. The lowest BCUT2D eigenvalue weighted by Gasteiger charge is -2.32. The van der Waals surface area contributed by atoms with E-state index in [0.29, 0.717) is 0 Å². The average Bonchev–Trinajstić information content (AvgIpc) is 2.19. The summed E-state index contributed by atoms with van der Waals surface area (Å²) in [5, 5.41) is 0. The van der Waals surface area contributed by atoms with Crippen molar-refractivity contribution >= 4 is 5.69 Å². The number of hydrogen-bond acceptors (Lipinski definition) is 1. The molecule has 0 N–H and O–H groups in total. The monoisotopic (exact) mass is 193 g/mol. The van der Waals surface area contributed by atoms with Crippen molar-refractivity contribution in [3.05, 3.63) is 30.1 Å². The Bertz CT molecular complexity index is 294. The summed E-state index contributed by atoms with van der Waals surface area (Å²) in [4.78, 5) is 2.34. The number of piperidine rings is 1. The number of halogens is 1. The van der Waals surface area contributed by atoms with Crippen LogP contribution in [0.25, 0.3) is 0 Å². The maximum Gasteiger partial charge on any atom is 0.123 e. The quantitative estimate of drug-likeness (QED) is 0.662.